The Hall–Kier alpha value is -1.86. The second-order valence-corrected chi connectivity index (χ2v) is 6.42. The van der Waals surface area contributed by atoms with E-state index in [1.807, 2.05) is 6.92 Å². The number of aliphatic imine (C=N–C) groups is 1. The first kappa shape index (κ1) is 20.5. The molecule has 2 N–H and O–H groups in total. The van der Waals surface area contributed by atoms with Crippen LogP contribution in [-0.2, 0) is 4.74 Å². The Kier molecular flexibility index (Phi) is 9.20. The summed E-state index contributed by atoms with van der Waals surface area (Å²) in [6.07, 6.45) is 2.20. The Bertz CT molecular complexity index is 533. The van der Waals surface area contributed by atoms with Crippen molar-refractivity contribution >= 4 is 5.96 Å². The van der Waals surface area contributed by atoms with Crippen molar-refractivity contribution in [1.29, 1.82) is 0 Å². The molecule has 1 saturated heterocycles. The molecule has 0 amide bonds. The molecule has 7 heteroatoms. The van der Waals surface area contributed by atoms with Crippen LogP contribution in [0.25, 0.3) is 0 Å². The molecule has 26 heavy (non-hydrogen) atoms. The van der Waals surface area contributed by atoms with Gasteiger partial charge in [0.15, 0.2) is 5.96 Å². The Morgan fingerprint density at radius 3 is 2.65 bits per heavy atom. The molecule has 1 heterocycles. The van der Waals surface area contributed by atoms with Gasteiger partial charge in [-0.15, -0.1) is 0 Å². The highest BCUT2D eigenvalue weighted by Crippen LogP contribution is 2.12. The van der Waals surface area contributed by atoms with Crippen molar-refractivity contribution in [1.82, 2.24) is 15.5 Å². The van der Waals surface area contributed by atoms with E-state index >= 15 is 0 Å². The summed E-state index contributed by atoms with van der Waals surface area (Å²) in [5.74, 6) is 1.17. The van der Waals surface area contributed by atoms with Crippen molar-refractivity contribution in [2.24, 2.45) is 4.99 Å². The SMILES string of the molecule is CN=C(NCCCCN1CCOCC1)NCC(C)Oc1ccc(F)cc1. The van der Waals surface area contributed by atoms with Gasteiger partial charge in [0.2, 0.25) is 0 Å². The first-order chi connectivity index (χ1) is 12.7. The lowest BCUT2D eigenvalue weighted by Crippen LogP contribution is -2.42. The number of halogens is 1. The molecule has 0 spiro atoms. The maximum absolute atomic E-state index is 12.9. The highest BCUT2D eigenvalue weighted by Gasteiger charge is 2.09. The van der Waals surface area contributed by atoms with E-state index in [4.69, 9.17) is 9.47 Å². The molecule has 1 aliphatic heterocycles. The van der Waals surface area contributed by atoms with E-state index in [0.29, 0.717) is 12.3 Å². The van der Waals surface area contributed by atoms with Gasteiger partial charge in [-0.3, -0.25) is 9.89 Å². The summed E-state index contributed by atoms with van der Waals surface area (Å²) in [6, 6.07) is 6.06. The molecule has 1 fully saturated rings. The minimum absolute atomic E-state index is 0.0552. The van der Waals surface area contributed by atoms with E-state index in [-0.39, 0.29) is 11.9 Å². The lowest BCUT2D eigenvalue weighted by molar-refractivity contribution is 0.0372. The molecule has 2 rings (SSSR count). The van der Waals surface area contributed by atoms with Gasteiger partial charge in [0.1, 0.15) is 17.7 Å². The second-order valence-electron chi connectivity index (χ2n) is 6.42. The minimum Gasteiger partial charge on any atom is -0.489 e. The van der Waals surface area contributed by atoms with Crippen molar-refractivity contribution in [3.05, 3.63) is 30.1 Å². The maximum Gasteiger partial charge on any atom is 0.191 e. The van der Waals surface area contributed by atoms with E-state index in [9.17, 15) is 4.39 Å². The molecule has 1 aliphatic rings. The summed E-state index contributed by atoms with van der Waals surface area (Å²) in [6.45, 7) is 8.39. The van der Waals surface area contributed by atoms with Crippen LogP contribution in [-0.4, -0.2) is 69.9 Å². The topological polar surface area (TPSA) is 58.1 Å². The van der Waals surface area contributed by atoms with Gasteiger partial charge in [-0.05, 0) is 50.6 Å². The highest BCUT2D eigenvalue weighted by atomic mass is 19.1. The van der Waals surface area contributed by atoms with Gasteiger partial charge in [-0.1, -0.05) is 0 Å². The van der Waals surface area contributed by atoms with E-state index in [2.05, 4.69) is 20.5 Å². The zero-order valence-electron chi connectivity index (χ0n) is 15.8. The number of nitrogens with zero attached hydrogens (tertiary/aromatic N) is 2. The molecule has 6 nitrogen and oxygen atoms in total. The maximum atomic E-state index is 12.9. The van der Waals surface area contributed by atoms with Gasteiger partial charge < -0.3 is 20.1 Å². The van der Waals surface area contributed by atoms with Crippen molar-refractivity contribution in [2.45, 2.75) is 25.9 Å². The number of ether oxygens (including phenoxy) is 2. The van der Waals surface area contributed by atoms with Crippen LogP contribution in [0.3, 0.4) is 0 Å². The third-order valence-corrected chi connectivity index (χ3v) is 4.23. The third kappa shape index (κ3) is 8.01. The van der Waals surface area contributed by atoms with Gasteiger partial charge in [0.25, 0.3) is 0 Å². The molecule has 1 unspecified atom stereocenters. The molecule has 0 saturated carbocycles. The number of hydrogen-bond acceptors (Lipinski definition) is 4. The van der Waals surface area contributed by atoms with Crippen LogP contribution in [0.4, 0.5) is 4.39 Å². The Morgan fingerprint density at radius 1 is 1.23 bits per heavy atom. The van der Waals surface area contributed by atoms with Crippen LogP contribution in [0, 0.1) is 5.82 Å². The van der Waals surface area contributed by atoms with Gasteiger partial charge >= 0.3 is 0 Å². The molecule has 1 aromatic carbocycles. The fourth-order valence-corrected chi connectivity index (χ4v) is 2.74. The van der Waals surface area contributed by atoms with E-state index < -0.39 is 0 Å². The number of guanidine groups is 1. The number of rotatable bonds is 9. The fourth-order valence-electron chi connectivity index (χ4n) is 2.74. The molecule has 1 atom stereocenters. The number of benzene rings is 1. The predicted molar refractivity (Wildman–Crippen MR) is 102 cm³/mol. The standard InChI is InChI=1S/C19H31FN4O2/c1-16(26-18-7-5-17(20)6-8-18)15-23-19(21-2)22-9-3-4-10-24-11-13-25-14-12-24/h5-8,16H,3-4,9-15H2,1-2H3,(H2,21,22,23). The van der Waals surface area contributed by atoms with Crippen LogP contribution < -0.4 is 15.4 Å². The summed E-state index contributed by atoms with van der Waals surface area (Å²) in [4.78, 5) is 6.68. The zero-order valence-corrected chi connectivity index (χ0v) is 15.8. The second kappa shape index (κ2) is 11.7. The first-order valence-corrected chi connectivity index (χ1v) is 9.34. The normalized spacial score (nSPS) is 17.0. The van der Waals surface area contributed by atoms with Gasteiger partial charge in [0.05, 0.1) is 19.8 Å². The summed E-state index contributed by atoms with van der Waals surface area (Å²) in [5, 5.41) is 6.58. The van der Waals surface area contributed by atoms with E-state index in [1.54, 1.807) is 19.2 Å². The summed E-state index contributed by atoms with van der Waals surface area (Å²) in [7, 11) is 1.76. The molecule has 0 bridgehead atoms. The van der Waals surface area contributed by atoms with Crippen LogP contribution in [0.2, 0.25) is 0 Å². The molecular weight excluding hydrogens is 335 g/mol. The number of morpholine rings is 1. The largest absolute Gasteiger partial charge is 0.489 e. The van der Waals surface area contributed by atoms with Gasteiger partial charge in [-0.25, -0.2) is 4.39 Å². The van der Waals surface area contributed by atoms with Crippen molar-refractivity contribution in [2.75, 3.05) is 53.0 Å². The lowest BCUT2D eigenvalue weighted by atomic mass is 10.2. The number of nitrogens with one attached hydrogen (secondary N) is 2. The van der Waals surface area contributed by atoms with Gasteiger partial charge in [0, 0.05) is 26.7 Å². The third-order valence-electron chi connectivity index (χ3n) is 4.23. The summed E-state index contributed by atoms with van der Waals surface area (Å²) in [5.41, 5.74) is 0. The molecule has 0 aromatic heterocycles. The monoisotopic (exact) mass is 366 g/mol. The van der Waals surface area contributed by atoms with Crippen LogP contribution in [0.5, 0.6) is 5.75 Å². The molecule has 146 valence electrons. The minimum atomic E-state index is -0.263. The van der Waals surface area contributed by atoms with E-state index in [0.717, 1.165) is 58.2 Å². The Morgan fingerprint density at radius 2 is 1.96 bits per heavy atom. The number of hydrogen-bond donors (Lipinski definition) is 2. The fraction of sp³-hybridized carbons (Fsp3) is 0.632. The quantitative estimate of drug-likeness (QED) is 0.397. The van der Waals surface area contributed by atoms with Crippen LogP contribution in [0.15, 0.2) is 29.3 Å². The zero-order chi connectivity index (χ0) is 18.6. The average molecular weight is 366 g/mol. The van der Waals surface area contributed by atoms with Crippen molar-refractivity contribution < 1.29 is 13.9 Å². The van der Waals surface area contributed by atoms with E-state index in [1.165, 1.54) is 12.1 Å². The first-order valence-electron chi connectivity index (χ1n) is 9.34. The smallest absolute Gasteiger partial charge is 0.191 e. The van der Waals surface area contributed by atoms with Crippen molar-refractivity contribution in [3.63, 3.8) is 0 Å². The Labute approximate surface area is 155 Å². The summed E-state index contributed by atoms with van der Waals surface area (Å²) >= 11 is 0. The molecule has 0 radical (unpaired) electrons. The average Bonchev–Trinajstić information content (AvgIpc) is 2.66. The Balaban J connectivity index is 1.55. The highest BCUT2D eigenvalue weighted by molar-refractivity contribution is 5.79. The molecule has 1 aromatic rings. The number of unbranched alkanes of at least 4 members (excludes halogenated alkanes) is 1. The molecular formula is C19H31FN4O2. The summed E-state index contributed by atoms with van der Waals surface area (Å²) < 4.78 is 24.0. The van der Waals surface area contributed by atoms with Crippen LogP contribution >= 0.6 is 0 Å². The lowest BCUT2D eigenvalue weighted by Gasteiger charge is -2.26. The van der Waals surface area contributed by atoms with Crippen molar-refractivity contribution in [3.8, 4) is 5.75 Å². The van der Waals surface area contributed by atoms with Crippen LogP contribution in [0.1, 0.15) is 19.8 Å². The van der Waals surface area contributed by atoms with Gasteiger partial charge in [-0.2, -0.15) is 0 Å². The molecule has 0 aliphatic carbocycles. The predicted octanol–water partition coefficient (Wildman–Crippen LogP) is 1.87.